The molecule has 0 spiro atoms. The largest absolute Gasteiger partial charge is 0.493 e. The van der Waals surface area contributed by atoms with Crippen LogP contribution in [0.15, 0.2) is 35.7 Å². The summed E-state index contributed by atoms with van der Waals surface area (Å²) in [6, 6.07) is 11.4. The number of benzene rings is 1. The Bertz CT molecular complexity index is 654. The first-order chi connectivity index (χ1) is 12.2. The summed E-state index contributed by atoms with van der Waals surface area (Å²) in [5, 5.41) is 2.19. The molecule has 0 radical (unpaired) electrons. The first kappa shape index (κ1) is 18.3. The quantitative estimate of drug-likeness (QED) is 0.664. The van der Waals surface area contributed by atoms with Crippen LogP contribution in [0, 0.1) is 0 Å². The normalized spacial score (nSPS) is 19.0. The van der Waals surface area contributed by atoms with Gasteiger partial charge in [-0.25, -0.2) is 0 Å². The van der Waals surface area contributed by atoms with E-state index in [0.29, 0.717) is 6.04 Å². The number of rotatable bonds is 6. The molecule has 0 amide bonds. The van der Waals surface area contributed by atoms with Crippen LogP contribution in [0.25, 0.3) is 0 Å². The molecule has 0 aliphatic carbocycles. The van der Waals surface area contributed by atoms with Gasteiger partial charge in [0.1, 0.15) is 0 Å². The van der Waals surface area contributed by atoms with Gasteiger partial charge in [0, 0.05) is 17.5 Å². The highest BCUT2D eigenvalue weighted by molar-refractivity contribution is 7.10. The summed E-state index contributed by atoms with van der Waals surface area (Å²) in [4.78, 5) is 4.13. The van der Waals surface area contributed by atoms with E-state index in [-0.39, 0.29) is 6.10 Å². The molecule has 2 aromatic rings. The lowest BCUT2D eigenvalue weighted by Gasteiger charge is -2.29. The lowest BCUT2D eigenvalue weighted by Crippen LogP contribution is -2.27. The molecule has 1 saturated heterocycles. The van der Waals surface area contributed by atoms with Crippen LogP contribution in [0.1, 0.15) is 56.0 Å². The Morgan fingerprint density at radius 1 is 1.16 bits per heavy atom. The summed E-state index contributed by atoms with van der Waals surface area (Å²) in [5.74, 6) is 1.65. The molecule has 1 aliphatic rings. The van der Waals surface area contributed by atoms with Crippen LogP contribution in [0.3, 0.4) is 0 Å². The van der Waals surface area contributed by atoms with Crippen molar-refractivity contribution >= 4 is 11.3 Å². The number of hydrogen-bond acceptors (Lipinski definition) is 4. The molecular weight excluding hydrogens is 330 g/mol. The summed E-state index contributed by atoms with van der Waals surface area (Å²) in [5.41, 5.74) is 1.29. The van der Waals surface area contributed by atoms with Gasteiger partial charge in [0.15, 0.2) is 11.5 Å². The molecule has 0 saturated carbocycles. The van der Waals surface area contributed by atoms with Crippen molar-refractivity contribution in [1.29, 1.82) is 0 Å². The third-order valence-electron chi connectivity index (χ3n) is 4.71. The lowest BCUT2D eigenvalue weighted by molar-refractivity contribution is 0.194. The first-order valence-electron chi connectivity index (χ1n) is 9.28. The Kier molecular flexibility index (Phi) is 6.38. The summed E-state index contributed by atoms with van der Waals surface area (Å²) in [6.07, 6.45) is 5.35. The maximum atomic E-state index is 5.84. The van der Waals surface area contributed by atoms with Crippen molar-refractivity contribution in [1.82, 2.24) is 4.90 Å². The van der Waals surface area contributed by atoms with E-state index in [2.05, 4.69) is 34.5 Å². The minimum Gasteiger partial charge on any atom is -0.493 e. The van der Waals surface area contributed by atoms with Crippen molar-refractivity contribution < 1.29 is 9.47 Å². The average molecular weight is 360 g/mol. The standard InChI is InChI=1S/C21H29NO2S/c1-16(2)24-19-11-10-17(14-20(19)23-3)15-22-12-6-4-5-8-18(22)21-9-7-13-25-21/h7,9-11,13-14,16,18H,4-6,8,12,15H2,1-3H3/t18-/m1/s1. The van der Waals surface area contributed by atoms with E-state index in [1.54, 1.807) is 7.11 Å². The Morgan fingerprint density at radius 2 is 2.04 bits per heavy atom. The van der Waals surface area contributed by atoms with Crippen LogP contribution in [-0.2, 0) is 6.54 Å². The summed E-state index contributed by atoms with van der Waals surface area (Å²) in [6.45, 7) is 6.20. The average Bonchev–Trinajstić information content (AvgIpc) is 3.03. The molecule has 0 unspecified atom stereocenters. The van der Waals surface area contributed by atoms with Gasteiger partial charge >= 0.3 is 0 Å². The molecule has 1 aromatic heterocycles. The SMILES string of the molecule is COc1cc(CN2CCCCC[C@@H]2c2cccs2)ccc1OC(C)C. The predicted molar refractivity (Wildman–Crippen MR) is 105 cm³/mol. The Hall–Kier alpha value is -1.52. The van der Waals surface area contributed by atoms with Crippen LogP contribution >= 0.6 is 11.3 Å². The Balaban J connectivity index is 1.79. The maximum absolute atomic E-state index is 5.84. The molecule has 136 valence electrons. The molecule has 1 fully saturated rings. The van der Waals surface area contributed by atoms with Gasteiger partial charge in [0.2, 0.25) is 0 Å². The van der Waals surface area contributed by atoms with Crippen LogP contribution in [0.4, 0.5) is 0 Å². The minimum atomic E-state index is 0.147. The first-order valence-corrected chi connectivity index (χ1v) is 10.2. The number of nitrogens with zero attached hydrogens (tertiary/aromatic N) is 1. The predicted octanol–water partition coefficient (Wildman–Crippen LogP) is 5.66. The van der Waals surface area contributed by atoms with Crippen molar-refractivity contribution in [3.05, 3.63) is 46.2 Å². The zero-order chi connectivity index (χ0) is 17.6. The van der Waals surface area contributed by atoms with Crippen LogP contribution in [0.2, 0.25) is 0 Å². The van der Waals surface area contributed by atoms with Crippen molar-refractivity contribution in [2.45, 2.75) is 58.2 Å². The smallest absolute Gasteiger partial charge is 0.161 e. The zero-order valence-corrected chi connectivity index (χ0v) is 16.3. The third-order valence-corrected chi connectivity index (χ3v) is 5.69. The molecule has 1 aliphatic heterocycles. The van der Waals surface area contributed by atoms with Gasteiger partial charge in [-0.2, -0.15) is 0 Å². The highest BCUT2D eigenvalue weighted by Gasteiger charge is 2.23. The number of thiophene rings is 1. The zero-order valence-electron chi connectivity index (χ0n) is 15.5. The van der Waals surface area contributed by atoms with E-state index in [9.17, 15) is 0 Å². The van der Waals surface area contributed by atoms with Crippen LogP contribution < -0.4 is 9.47 Å². The molecular formula is C21H29NO2S. The minimum absolute atomic E-state index is 0.147. The van der Waals surface area contributed by atoms with E-state index < -0.39 is 0 Å². The van der Waals surface area contributed by atoms with Crippen molar-refractivity contribution in [3.63, 3.8) is 0 Å². The number of hydrogen-bond donors (Lipinski definition) is 0. The van der Waals surface area contributed by atoms with Gasteiger partial charge < -0.3 is 9.47 Å². The molecule has 3 rings (SSSR count). The highest BCUT2D eigenvalue weighted by atomic mass is 32.1. The van der Waals surface area contributed by atoms with Crippen molar-refractivity contribution in [2.24, 2.45) is 0 Å². The van der Waals surface area contributed by atoms with Gasteiger partial charge in [0.05, 0.1) is 13.2 Å². The fraction of sp³-hybridized carbons (Fsp3) is 0.524. The monoisotopic (exact) mass is 359 g/mol. The van der Waals surface area contributed by atoms with E-state index in [1.165, 1.54) is 36.1 Å². The number of ether oxygens (including phenoxy) is 2. The molecule has 2 heterocycles. The fourth-order valence-electron chi connectivity index (χ4n) is 3.56. The molecule has 3 nitrogen and oxygen atoms in total. The Morgan fingerprint density at radius 3 is 2.76 bits per heavy atom. The van der Waals surface area contributed by atoms with Crippen molar-refractivity contribution in [2.75, 3.05) is 13.7 Å². The topological polar surface area (TPSA) is 21.7 Å². The highest BCUT2D eigenvalue weighted by Crippen LogP contribution is 2.35. The van der Waals surface area contributed by atoms with Gasteiger partial charge in [-0.1, -0.05) is 25.0 Å². The van der Waals surface area contributed by atoms with E-state index in [0.717, 1.165) is 24.6 Å². The summed E-state index contributed by atoms with van der Waals surface area (Å²) in [7, 11) is 1.71. The van der Waals surface area contributed by atoms with E-state index in [1.807, 2.05) is 31.3 Å². The van der Waals surface area contributed by atoms with Crippen molar-refractivity contribution in [3.8, 4) is 11.5 Å². The molecule has 1 aromatic carbocycles. The lowest BCUT2D eigenvalue weighted by atomic mass is 10.1. The second-order valence-corrected chi connectivity index (χ2v) is 7.98. The van der Waals surface area contributed by atoms with E-state index >= 15 is 0 Å². The van der Waals surface area contributed by atoms with E-state index in [4.69, 9.17) is 9.47 Å². The molecule has 0 bridgehead atoms. The summed E-state index contributed by atoms with van der Waals surface area (Å²) >= 11 is 1.88. The van der Waals surface area contributed by atoms with Gasteiger partial charge in [0.25, 0.3) is 0 Å². The molecule has 1 atom stereocenters. The molecule has 4 heteroatoms. The Labute approximate surface area is 155 Å². The fourth-order valence-corrected chi connectivity index (χ4v) is 4.45. The van der Waals surface area contributed by atoms with Crippen LogP contribution in [-0.4, -0.2) is 24.7 Å². The number of likely N-dealkylation sites (tertiary alicyclic amines) is 1. The molecule has 25 heavy (non-hydrogen) atoms. The third kappa shape index (κ3) is 4.77. The van der Waals surface area contributed by atoms with Gasteiger partial charge in [-0.3, -0.25) is 4.90 Å². The second-order valence-electron chi connectivity index (χ2n) is 7.00. The molecule has 0 N–H and O–H groups in total. The second kappa shape index (κ2) is 8.72. The number of methoxy groups -OCH3 is 1. The van der Waals surface area contributed by atoms with Gasteiger partial charge in [-0.05, 0) is 62.4 Å². The summed E-state index contributed by atoms with van der Waals surface area (Å²) < 4.78 is 11.4. The van der Waals surface area contributed by atoms with Crippen LogP contribution in [0.5, 0.6) is 11.5 Å². The maximum Gasteiger partial charge on any atom is 0.161 e. The van der Waals surface area contributed by atoms with Gasteiger partial charge in [-0.15, -0.1) is 11.3 Å².